The number of nitrogens with zero attached hydrogens (tertiary/aromatic N) is 2. The third-order valence-electron chi connectivity index (χ3n) is 2.67. The van der Waals surface area contributed by atoms with E-state index in [2.05, 4.69) is 0 Å². The molecule has 1 rings (SSSR count). The van der Waals surface area contributed by atoms with Gasteiger partial charge in [0.05, 0.1) is 18.6 Å². The van der Waals surface area contributed by atoms with E-state index in [0.29, 0.717) is 6.54 Å². The first-order chi connectivity index (χ1) is 8.53. The maximum atomic E-state index is 13.8. The van der Waals surface area contributed by atoms with Crippen LogP contribution in [0.1, 0.15) is 19.4 Å². The standard InChI is InChI=1S/C13H16F2N2O/c1-3-17(7-9(2)6-16)13-11(14)4-10(8-18)5-12(13)15/h4-5,9,18H,3,7-8H2,1-2H3. The predicted molar refractivity (Wildman–Crippen MR) is 64.9 cm³/mol. The van der Waals surface area contributed by atoms with Gasteiger partial charge in [-0.1, -0.05) is 0 Å². The maximum Gasteiger partial charge on any atom is 0.149 e. The third-order valence-corrected chi connectivity index (χ3v) is 2.67. The lowest BCUT2D eigenvalue weighted by atomic mass is 10.1. The highest BCUT2D eigenvalue weighted by Crippen LogP contribution is 2.25. The van der Waals surface area contributed by atoms with Crippen molar-refractivity contribution in [3.8, 4) is 6.07 Å². The number of hydrogen-bond acceptors (Lipinski definition) is 3. The molecule has 0 amide bonds. The van der Waals surface area contributed by atoms with Crippen LogP contribution in [0.3, 0.4) is 0 Å². The van der Waals surface area contributed by atoms with Gasteiger partial charge < -0.3 is 10.0 Å². The zero-order valence-corrected chi connectivity index (χ0v) is 10.5. The monoisotopic (exact) mass is 254 g/mol. The van der Waals surface area contributed by atoms with Crippen LogP contribution >= 0.6 is 0 Å². The molecule has 0 spiro atoms. The summed E-state index contributed by atoms with van der Waals surface area (Å²) in [5, 5.41) is 17.6. The van der Waals surface area contributed by atoms with E-state index >= 15 is 0 Å². The zero-order valence-electron chi connectivity index (χ0n) is 10.5. The van der Waals surface area contributed by atoms with Crippen LogP contribution in [-0.2, 0) is 6.61 Å². The van der Waals surface area contributed by atoms with Gasteiger partial charge in [0.1, 0.15) is 17.3 Å². The summed E-state index contributed by atoms with van der Waals surface area (Å²) in [6.07, 6.45) is 0. The summed E-state index contributed by atoms with van der Waals surface area (Å²) in [5.41, 5.74) is 0.0509. The van der Waals surface area contributed by atoms with Gasteiger partial charge in [-0.3, -0.25) is 0 Å². The van der Waals surface area contributed by atoms with Gasteiger partial charge in [0.25, 0.3) is 0 Å². The van der Waals surface area contributed by atoms with Gasteiger partial charge in [0.15, 0.2) is 0 Å². The minimum atomic E-state index is -0.717. The topological polar surface area (TPSA) is 47.3 Å². The van der Waals surface area contributed by atoms with Gasteiger partial charge in [-0.05, 0) is 31.5 Å². The van der Waals surface area contributed by atoms with E-state index in [9.17, 15) is 8.78 Å². The van der Waals surface area contributed by atoms with Crippen LogP contribution < -0.4 is 4.90 Å². The Morgan fingerprint density at radius 1 is 1.39 bits per heavy atom. The summed E-state index contributed by atoms with van der Waals surface area (Å²) in [4.78, 5) is 1.49. The largest absolute Gasteiger partial charge is 0.392 e. The molecule has 98 valence electrons. The molecule has 1 unspecified atom stereocenters. The third kappa shape index (κ3) is 3.17. The highest BCUT2D eigenvalue weighted by Gasteiger charge is 2.18. The number of rotatable bonds is 5. The second-order valence-electron chi connectivity index (χ2n) is 4.13. The second kappa shape index (κ2) is 6.31. The molecule has 18 heavy (non-hydrogen) atoms. The molecule has 0 aliphatic heterocycles. The van der Waals surface area contributed by atoms with E-state index in [1.54, 1.807) is 13.8 Å². The first-order valence-electron chi connectivity index (χ1n) is 5.76. The first-order valence-corrected chi connectivity index (χ1v) is 5.76. The Bertz CT molecular complexity index is 434. The molecule has 0 aliphatic carbocycles. The number of nitriles is 1. The van der Waals surface area contributed by atoms with Crippen molar-refractivity contribution in [3.05, 3.63) is 29.3 Å². The van der Waals surface area contributed by atoms with E-state index < -0.39 is 18.2 Å². The van der Waals surface area contributed by atoms with Crippen molar-refractivity contribution in [2.45, 2.75) is 20.5 Å². The van der Waals surface area contributed by atoms with Crippen molar-refractivity contribution in [2.75, 3.05) is 18.0 Å². The van der Waals surface area contributed by atoms with Crippen molar-refractivity contribution in [2.24, 2.45) is 5.92 Å². The fourth-order valence-corrected chi connectivity index (χ4v) is 1.76. The van der Waals surface area contributed by atoms with Gasteiger partial charge in [-0.2, -0.15) is 5.26 Å². The molecule has 5 heteroatoms. The number of benzene rings is 1. The Morgan fingerprint density at radius 3 is 2.33 bits per heavy atom. The van der Waals surface area contributed by atoms with Crippen LogP contribution in [0.5, 0.6) is 0 Å². The molecule has 0 saturated heterocycles. The highest BCUT2D eigenvalue weighted by molar-refractivity contribution is 5.50. The zero-order chi connectivity index (χ0) is 13.7. The highest BCUT2D eigenvalue weighted by atomic mass is 19.1. The van der Waals surface area contributed by atoms with Crippen LogP contribution in [0.2, 0.25) is 0 Å². The summed E-state index contributed by atoms with van der Waals surface area (Å²) in [6, 6.07) is 4.25. The Labute approximate surface area is 105 Å². The fraction of sp³-hybridized carbons (Fsp3) is 0.462. The average molecular weight is 254 g/mol. The molecule has 0 fully saturated rings. The SMILES string of the molecule is CCN(CC(C)C#N)c1c(F)cc(CO)cc1F. The lowest BCUT2D eigenvalue weighted by molar-refractivity contribution is 0.280. The minimum absolute atomic E-state index is 0.142. The van der Waals surface area contributed by atoms with Gasteiger partial charge >= 0.3 is 0 Å². The van der Waals surface area contributed by atoms with E-state index in [-0.39, 0.29) is 23.7 Å². The van der Waals surface area contributed by atoms with Crippen molar-refractivity contribution in [1.82, 2.24) is 0 Å². The molecule has 1 atom stereocenters. The Hall–Kier alpha value is -1.67. The quantitative estimate of drug-likeness (QED) is 0.878. The van der Waals surface area contributed by atoms with Crippen molar-refractivity contribution >= 4 is 5.69 Å². The van der Waals surface area contributed by atoms with Crippen LogP contribution in [0.25, 0.3) is 0 Å². The molecular weight excluding hydrogens is 238 g/mol. The molecule has 0 bridgehead atoms. The van der Waals surface area contributed by atoms with Crippen LogP contribution in [0.15, 0.2) is 12.1 Å². The van der Waals surface area contributed by atoms with Crippen LogP contribution in [0, 0.1) is 28.9 Å². The minimum Gasteiger partial charge on any atom is -0.392 e. The van der Waals surface area contributed by atoms with Crippen LogP contribution in [-0.4, -0.2) is 18.2 Å². The summed E-state index contributed by atoms with van der Waals surface area (Å²) in [5.74, 6) is -1.75. The number of aliphatic hydroxyl groups is 1. The van der Waals surface area contributed by atoms with E-state index in [4.69, 9.17) is 10.4 Å². The lowest BCUT2D eigenvalue weighted by Gasteiger charge is -2.25. The molecule has 0 aromatic heterocycles. The molecular formula is C13H16F2N2O. The Balaban J connectivity index is 3.10. The molecule has 1 aromatic rings. The average Bonchev–Trinajstić information content (AvgIpc) is 2.35. The summed E-state index contributed by atoms with van der Waals surface area (Å²) in [7, 11) is 0. The van der Waals surface area contributed by atoms with E-state index in [0.717, 1.165) is 12.1 Å². The van der Waals surface area contributed by atoms with Gasteiger partial charge in [-0.25, -0.2) is 8.78 Å². The molecule has 0 radical (unpaired) electrons. The molecule has 0 heterocycles. The smallest absolute Gasteiger partial charge is 0.149 e. The molecule has 1 N–H and O–H groups in total. The van der Waals surface area contributed by atoms with Crippen molar-refractivity contribution < 1.29 is 13.9 Å². The Morgan fingerprint density at radius 2 is 1.94 bits per heavy atom. The van der Waals surface area contributed by atoms with Crippen molar-refractivity contribution in [1.29, 1.82) is 5.26 Å². The van der Waals surface area contributed by atoms with Crippen molar-refractivity contribution in [3.63, 3.8) is 0 Å². The molecule has 1 aromatic carbocycles. The molecule has 3 nitrogen and oxygen atoms in total. The molecule has 0 saturated carbocycles. The van der Waals surface area contributed by atoms with Crippen LogP contribution in [0.4, 0.5) is 14.5 Å². The molecule has 0 aliphatic rings. The second-order valence-corrected chi connectivity index (χ2v) is 4.13. The number of aliphatic hydroxyl groups excluding tert-OH is 1. The van der Waals surface area contributed by atoms with E-state index in [1.165, 1.54) is 4.90 Å². The lowest BCUT2D eigenvalue weighted by Crippen LogP contribution is -2.29. The number of halogens is 2. The summed E-state index contributed by atoms with van der Waals surface area (Å²) in [6.45, 7) is 3.72. The van der Waals surface area contributed by atoms with Gasteiger partial charge in [-0.15, -0.1) is 0 Å². The first kappa shape index (κ1) is 14.4. The number of anilines is 1. The summed E-state index contributed by atoms with van der Waals surface area (Å²) >= 11 is 0. The fourth-order valence-electron chi connectivity index (χ4n) is 1.76. The van der Waals surface area contributed by atoms with E-state index in [1.807, 2.05) is 6.07 Å². The summed E-state index contributed by atoms with van der Waals surface area (Å²) < 4.78 is 27.6. The predicted octanol–water partition coefficient (Wildman–Crippen LogP) is 2.44. The Kier molecular flexibility index (Phi) is 5.05. The van der Waals surface area contributed by atoms with Gasteiger partial charge in [0, 0.05) is 13.1 Å². The van der Waals surface area contributed by atoms with Gasteiger partial charge in [0.2, 0.25) is 0 Å². The normalized spacial score (nSPS) is 12.0. The maximum absolute atomic E-state index is 13.8. The number of hydrogen-bond donors (Lipinski definition) is 1.